The van der Waals surface area contributed by atoms with E-state index in [4.69, 9.17) is 4.74 Å². The summed E-state index contributed by atoms with van der Waals surface area (Å²) in [4.78, 5) is 26.6. The molecule has 1 aromatic carbocycles. The van der Waals surface area contributed by atoms with E-state index in [9.17, 15) is 9.59 Å². The number of carbonyl (C=O) groups is 2. The Labute approximate surface area is 153 Å². The molecule has 2 fully saturated rings. The van der Waals surface area contributed by atoms with Gasteiger partial charge in [-0.3, -0.25) is 14.5 Å². The molecule has 2 atom stereocenters. The van der Waals surface area contributed by atoms with Gasteiger partial charge in [0.2, 0.25) is 5.91 Å². The van der Waals surface area contributed by atoms with E-state index < -0.39 is 5.41 Å². The molecule has 0 aromatic heterocycles. The van der Waals surface area contributed by atoms with E-state index in [-0.39, 0.29) is 17.8 Å². The van der Waals surface area contributed by atoms with Gasteiger partial charge in [0.1, 0.15) is 0 Å². The topological polar surface area (TPSA) is 58.6 Å². The Morgan fingerprint density at radius 1 is 1.27 bits per heavy atom. The first-order valence-electron chi connectivity index (χ1n) is 9.15. The second-order valence-corrected chi connectivity index (χ2v) is 7.67. The fraction of sp³-hybridized carbons (Fsp3) is 0.429. The number of amides is 1. The Morgan fingerprint density at radius 2 is 2.00 bits per heavy atom. The van der Waals surface area contributed by atoms with Crippen LogP contribution in [0.5, 0.6) is 0 Å². The molecule has 2 heterocycles. The highest BCUT2D eigenvalue weighted by molar-refractivity contribution is 5.92. The first kappa shape index (κ1) is 17.0. The van der Waals surface area contributed by atoms with Crippen LogP contribution in [0.15, 0.2) is 48.6 Å². The monoisotopic (exact) mass is 352 g/mol. The molecule has 0 spiro atoms. The Kier molecular flexibility index (Phi) is 4.41. The fourth-order valence-electron chi connectivity index (χ4n) is 4.39. The third-order valence-electron chi connectivity index (χ3n) is 5.72. The maximum absolute atomic E-state index is 12.4. The highest BCUT2D eigenvalue weighted by atomic mass is 16.5. The van der Waals surface area contributed by atoms with Crippen molar-refractivity contribution in [1.29, 1.82) is 0 Å². The zero-order valence-electron chi connectivity index (χ0n) is 14.9. The number of hydrogen-bond acceptors (Lipinski definition) is 4. The standard InChI is InChI=1S/C21H24N2O3/c1-15-10-17-14-26-20(25)21(17,11-15)12-16-4-6-18(7-5-16)22-19(24)13-23-8-2-3-9-23/h2-7,17H,1,8-14H2,(H,22,24). The van der Waals surface area contributed by atoms with Crippen molar-refractivity contribution in [2.75, 3.05) is 31.6 Å². The summed E-state index contributed by atoms with van der Waals surface area (Å²) < 4.78 is 5.34. The van der Waals surface area contributed by atoms with Crippen molar-refractivity contribution in [2.24, 2.45) is 11.3 Å². The lowest BCUT2D eigenvalue weighted by atomic mass is 9.75. The smallest absolute Gasteiger partial charge is 0.313 e. The molecule has 1 aliphatic carbocycles. The summed E-state index contributed by atoms with van der Waals surface area (Å²) in [6.45, 7) is 6.65. The van der Waals surface area contributed by atoms with Gasteiger partial charge in [-0.25, -0.2) is 0 Å². The highest BCUT2D eigenvalue weighted by Gasteiger charge is 2.55. The number of nitrogens with zero attached hydrogens (tertiary/aromatic N) is 1. The van der Waals surface area contributed by atoms with Gasteiger partial charge >= 0.3 is 5.97 Å². The molecule has 0 bridgehead atoms. The number of carbonyl (C=O) groups excluding carboxylic acids is 2. The first-order chi connectivity index (χ1) is 12.5. The molecule has 1 saturated carbocycles. The highest BCUT2D eigenvalue weighted by Crippen LogP contribution is 2.52. The Morgan fingerprint density at radius 3 is 2.73 bits per heavy atom. The molecule has 1 amide bonds. The molecule has 2 unspecified atom stereocenters. The van der Waals surface area contributed by atoms with Crippen LogP contribution < -0.4 is 5.32 Å². The molecular formula is C21H24N2O3. The molecule has 26 heavy (non-hydrogen) atoms. The van der Waals surface area contributed by atoms with Crippen LogP contribution in [0, 0.1) is 11.3 Å². The fourth-order valence-corrected chi connectivity index (χ4v) is 4.39. The lowest BCUT2D eigenvalue weighted by Crippen LogP contribution is -2.31. The van der Waals surface area contributed by atoms with E-state index in [0.717, 1.165) is 42.8 Å². The average Bonchev–Trinajstić information content (AvgIpc) is 3.28. The van der Waals surface area contributed by atoms with E-state index in [1.165, 1.54) is 0 Å². The van der Waals surface area contributed by atoms with Crippen LogP contribution in [-0.2, 0) is 20.7 Å². The number of ether oxygens (including phenoxy) is 1. The Hall–Kier alpha value is -2.40. The maximum Gasteiger partial charge on any atom is 0.313 e. The second kappa shape index (κ2) is 6.72. The molecule has 4 rings (SSSR count). The second-order valence-electron chi connectivity index (χ2n) is 7.67. The predicted molar refractivity (Wildman–Crippen MR) is 99.6 cm³/mol. The summed E-state index contributed by atoms with van der Waals surface area (Å²) >= 11 is 0. The third kappa shape index (κ3) is 3.19. The lowest BCUT2D eigenvalue weighted by Gasteiger charge is -2.24. The maximum atomic E-state index is 12.4. The quantitative estimate of drug-likeness (QED) is 0.654. The number of nitrogens with one attached hydrogen (secondary N) is 1. The number of esters is 1. The zero-order valence-corrected chi connectivity index (χ0v) is 14.9. The van der Waals surface area contributed by atoms with Gasteiger partial charge in [0, 0.05) is 24.7 Å². The van der Waals surface area contributed by atoms with Gasteiger partial charge < -0.3 is 10.1 Å². The number of allylic oxidation sites excluding steroid dienone is 1. The number of hydrogen-bond donors (Lipinski definition) is 1. The van der Waals surface area contributed by atoms with Crippen molar-refractivity contribution >= 4 is 17.6 Å². The third-order valence-corrected chi connectivity index (χ3v) is 5.72. The van der Waals surface area contributed by atoms with Gasteiger partial charge in [-0.1, -0.05) is 36.4 Å². The summed E-state index contributed by atoms with van der Waals surface area (Å²) in [6.07, 6.45) is 6.41. The van der Waals surface area contributed by atoms with Crippen molar-refractivity contribution in [2.45, 2.75) is 19.3 Å². The minimum Gasteiger partial charge on any atom is -0.465 e. The minimum atomic E-state index is -0.440. The van der Waals surface area contributed by atoms with Crippen LogP contribution in [0.25, 0.3) is 0 Å². The molecule has 5 heteroatoms. The van der Waals surface area contributed by atoms with Crippen molar-refractivity contribution in [3.8, 4) is 0 Å². The van der Waals surface area contributed by atoms with Gasteiger partial charge in [0.15, 0.2) is 0 Å². The van der Waals surface area contributed by atoms with Gasteiger partial charge in [-0.15, -0.1) is 0 Å². The van der Waals surface area contributed by atoms with Gasteiger partial charge in [-0.05, 0) is 37.0 Å². The number of rotatable bonds is 5. The molecule has 1 aromatic rings. The first-order valence-corrected chi connectivity index (χ1v) is 9.15. The number of benzene rings is 1. The minimum absolute atomic E-state index is 0.00781. The summed E-state index contributed by atoms with van der Waals surface area (Å²) in [5.74, 6) is 0.153. The van der Waals surface area contributed by atoms with Gasteiger partial charge in [-0.2, -0.15) is 0 Å². The lowest BCUT2D eigenvalue weighted by molar-refractivity contribution is -0.146. The van der Waals surface area contributed by atoms with Gasteiger partial charge in [0.25, 0.3) is 0 Å². The van der Waals surface area contributed by atoms with E-state index >= 15 is 0 Å². The summed E-state index contributed by atoms with van der Waals surface area (Å²) in [6, 6.07) is 7.80. The SMILES string of the molecule is C=C1CC2COC(=O)C2(Cc2ccc(NC(=O)CN3CC=CC3)cc2)C1. The van der Waals surface area contributed by atoms with Crippen molar-refractivity contribution in [3.63, 3.8) is 0 Å². The van der Waals surface area contributed by atoms with E-state index in [2.05, 4.69) is 28.9 Å². The van der Waals surface area contributed by atoms with E-state index in [0.29, 0.717) is 19.6 Å². The van der Waals surface area contributed by atoms with E-state index in [1.54, 1.807) is 0 Å². The van der Waals surface area contributed by atoms with Crippen LogP contribution in [0.3, 0.4) is 0 Å². The van der Waals surface area contributed by atoms with Crippen LogP contribution in [0.2, 0.25) is 0 Å². The Bertz CT molecular complexity index is 760. The summed E-state index contributed by atoms with van der Waals surface area (Å²) in [7, 11) is 0. The number of fused-ring (bicyclic) bond motifs is 1. The molecular weight excluding hydrogens is 328 g/mol. The molecule has 3 aliphatic rings. The van der Waals surface area contributed by atoms with Crippen molar-refractivity contribution in [1.82, 2.24) is 4.90 Å². The van der Waals surface area contributed by atoms with Gasteiger partial charge in [0.05, 0.1) is 18.6 Å². The van der Waals surface area contributed by atoms with Crippen LogP contribution in [-0.4, -0.2) is 43.0 Å². The Balaban J connectivity index is 1.39. The molecule has 2 aliphatic heterocycles. The largest absolute Gasteiger partial charge is 0.465 e. The molecule has 5 nitrogen and oxygen atoms in total. The van der Waals surface area contributed by atoms with Crippen molar-refractivity contribution < 1.29 is 14.3 Å². The molecule has 0 radical (unpaired) electrons. The normalized spacial score (nSPS) is 27.6. The van der Waals surface area contributed by atoms with Crippen LogP contribution in [0.4, 0.5) is 5.69 Å². The van der Waals surface area contributed by atoms with Crippen LogP contribution in [0.1, 0.15) is 18.4 Å². The van der Waals surface area contributed by atoms with E-state index in [1.807, 2.05) is 24.3 Å². The van der Waals surface area contributed by atoms with Crippen LogP contribution >= 0.6 is 0 Å². The zero-order chi connectivity index (χ0) is 18.1. The molecule has 1 N–H and O–H groups in total. The molecule has 1 saturated heterocycles. The number of anilines is 1. The summed E-state index contributed by atoms with van der Waals surface area (Å²) in [5.41, 5.74) is 2.58. The van der Waals surface area contributed by atoms with Crippen molar-refractivity contribution in [3.05, 3.63) is 54.1 Å². The number of cyclic esters (lactones) is 1. The average molecular weight is 352 g/mol. The molecule has 136 valence electrons. The summed E-state index contributed by atoms with van der Waals surface area (Å²) in [5, 5.41) is 2.94. The predicted octanol–water partition coefficient (Wildman–Crippen LogP) is 2.55.